The van der Waals surface area contributed by atoms with Gasteiger partial charge in [-0.1, -0.05) is 6.07 Å². The number of aliphatic hydroxyl groups is 1. The van der Waals surface area contributed by atoms with Gasteiger partial charge in [0.2, 0.25) is 5.91 Å². The second-order valence-corrected chi connectivity index (χ2v) is 4.28. The number of hydrogen-bond acceptors (Lipinski definition) is 3. The van der Waals surface area contributed by atoms with E-state index in [1.807, 2.05) is 0 Å². The molecule has 0 heterocycles. The number of rotatable bonds is 8. The lowest BCUT2D eigenvalue weighted by molar-refractivity contribution is -0.120. The van der Waals surface area contributed by atoms with Gasteiger partial charge in [-0.05, 0) is 37.0 Å². The Morgan fingerprint density at radius 2 is 2.16 bits per heavy atom. The molecule has 0 aliphatic heterocycles. The molecule has 0 aliphatic carbocycles. The van der Waals surface area contributed by atoms with Crippen LogP contribution in [-0.4, -0.2) is 31.3 Å². The minimum absolute atomic E-state index is 0.131. The molecule has 0 fully saturated rings. The standard InChI is InChI=1S/C14H20FNO3/c1-19-13-6-5-11(9-12(13)15)10-14(18)16-7-3-2-4-8-17/h5-6,9,17H,2-4,7-8,10H2,1H3,(H,16,18). The van der Waals surface area contributed by atoms with Crippen molar-refractivity contribution in [1.82, 2.24) is 5.32 Å². The summed E-state index contributed by atoms with van der Waals surface area (Å²) in [4.78, 5) is 11.6. The molecule has 0 saturated carbocycles. The van der Waals surface area contributed by atoms with Gasteiger partial charge in [0, 0.05) is 13.2 Å². The number of carbonyl (C=O) groups is 1. The van der Waals surface area contributed by atoms with E-state index >= 15 is 0 Å². The molecule has 0 aromatic heterocycles. The fraction of sp³-hybridized carbons (Fsp3) is 0.500. The van der Waals surface area contributed by atoms with E-state index in [1.54, 1.807) is 6.07 Å². The predicted octanol–water partition coefficient (Wildman–Crippen LogP) is 1.66. The Morgan fingerprint density at radius 3 is 2.79 bits per heavy atom. The average Bonchev–Trinajstić information content (AvgIpc) is 2.39. The summed E-state index contributed by atoms with van der Waals surface area (Å²) >= 11 is 0. The maximum absolute atomic E-state index is 13.4. The number of benzene rings is 1. The number of halogens is 1. The molecule has 0 bridgehead atoms. The van der Waals surface area contributed by atoms with Gasteiger partial charge >= 0.3 is 0 Å². The van der Waals surface area contributed by atoms with E-state index in [0.29, 0.717) is 12.1 Å². The first-order valence-electron chi connectivity index (χ1n) is 6.37. The minimum Gasteiger partial charge on any atom is -0.494 e. The summed E-state index contributed by atoms with van der Waals surface area (Å²) in [5.74, 6) is -0.419. The number of nitrogens with one attached hydrogen (secondary N) is 1. The van der Waals surface area contributed by atoms with E-state index in [0.717, 1.165) is 19.3 Å². The van der Waals surface area contributed by atoms with Crippen LogP contribution < -0.4 is 10.1 Å². The van der Waals surface area contributed by atoms with E-state index in [9.17, 15) is 9.18 Å². The van der Waals surface area contributed by atoms with Crippen molar-refractivity contribution in [2.75, 3.05) is 20.3 Å². The number of carbonyl (C=O) groups excluding carboxylic acids is 1. The summed E-state index contributed by atoms with van der Waals surface area (Å²) < 4.78 is 18.2. The van der Waals surface area contributed by atoms with Gasteiger partial charge in [0.05, 0.1) is 13.5 Å². The molecule has 106 valence electrons. The topological polar surface area (TPSA) is 58.6 Å². The van der Waals surface area contributed by atoms with Gasteiger partial charge in [0.25, 0.3) is 0 Å². The fourth-order valence-electron chi connectivity index (χ4n) is 1.71. The Balaban J connectivity index is 2.34. The first-order valence-corrected chi connectivity index (χ1v) is 6.37. The molecule has 0 unspecified atom stereocenters. The third-order valence-electron chi connectivity index (χ3n) is 2.74. The third-order valence-corrected chi connectivity index (χ3v) is 2.74. The van der Waals surface area contributed by atoms with Crippen molar-refractivity contribution in [3.05, 3.63) is 29.6 Å². The molecule has 0 aliphatic rings. The summed E-state index contributed by atoms with van der Waals surface area (Å²) in [6, 6.07) is 4.50. The molecule has 1 rings (SSSR count). The highest BCUT2D eigenvalue weighted by Crippen LogP contribution is 2.17. The lowest BCUT2D eigenvalue weighted by Gasteiger charge is -2.06. The Morgan fingerprint density at radius 1 is 1.37 bits per heavy atom. The average molecular weight is 269 g/mol. The zero-order valence-corrected chi connectivity index (χ0v) is 11.1. The normalized spacial score (nSPS) is 10.3. The lowest BCUT2D eigenvalue weighted by Crippen LogP contribution is -2.26. The molecular weight excluding hydrogens is 249 g/mol. The number of aliphatic hydroxyl groups excluding tert-OH is 1. The van der Waals surface area contributed by atoms with Crippen molar-refractivity contribution < 1.29 is 19.0 Å². The molecule has 19 heavy (non-hydrogen) atoms. The zero-order chi connectivity index (χ0) is 14.1. The van der Waals surface area contributed by atoms with Crippen LogP contribution in [0.5, 0.6) is 5.75 Å². The van der Waals surface area contributed by atoms with Crippen molar-refractivity contribution in [3.8, 4) is 5.75 Å². The van der Waals surface area contributed by atoms with Crippen molar-refractivity contribution in [2.24, 2.45) is 0 Å². The molecule has 0 atom stereocenters. The molecule has 1 aromatic carbocycles. The van der Waals surface area contributed by atoms with Gasteiger partial charge < -0.3 is 15.2 Å². The predicted molar refractivity (Wildman–Crippen MR) is 70.6 cm³/mol. The molecule has 1 amide bonds. The Labute approximate surface area is 112 Å². The maximum Gasteiger partial charge on any atom is 0.224 e. The molecule has 5 heteroatoms. The number of unbranched alkanes of at least 4 members (excludes halogenated alkanes) is 2. The molecule has 0 radical (unpaired) electrons. The first-order chi connectivity index (χ1) is 9.17. The lowest BCUT2D eigenvalue weighted by atomic mass is 10.1. The largest absolute Gasteiger partial charge is 0.494 e. The van der Waals surface area contributed by atoms with E-state index in [-0.39, 0.29) is 24.7 Å². The highest BCUT2D eigenvalue weighted by atomic mass is 19.1. The van der Waals surface area contributed by atoms with E-state index in [2.05, 4.69) is 5.32 Å². The molecule has 2 N–H and O–H groups in total. The van der Waals surface area contributed by atoms with Crippen LogP contribution in [0.3, 0.4) is 0 Å². The highest BCUT2D eigenvalue weighted by Gasteiger charge is 2.07. The van der Waals surface area contributed by atoms with Crippen molar-refractivity contribution in [1.29, 1.82) is 0 Å². The van der Waals surface area contributed by atoms with Gasteiger partial charge in [0.1, 0.15) is 0 Å². The van der Waals surface area contributed by atoms with Crippen LogP contribution >= 0.6 is 0 Å². The van der Waals surface area contributed by atoms with Crippen LogP contribution in [0.1, 0.15) is 24.8 Å². The Kier molecular flexibility index (Phi) is 6.89. The molecule has 1 aromatic rings. The molecule has 0 saturated heterocycles. The maximum atomic E-state index is 13.4. The van der Waals surface area contributed by atoms with Crippen LogP contribution in [0.2, 0.25) is 0 Å². The Hall–Kier alpha value is -1.62. The second-order valence-electron chi connectivity index (χ2n) is 4.28. The summed E-state index contributed by atoms with van der Waals surface area (Å²) in [5.41, 5.74) is 0.617. The van der Waals surface area contributed by atoms with Crippen molar-refractivity contribution >= 4 is 5.91 Å². The monoisotopic (exact) mass is 269 g/mol. The van der Waals surface area contributed by atoms with Crippen LogP contribution in [0.25, 0.3) is 0 Å². The summed E-state index contributed by atoms with van der Waals surface area (Å²) in [6.07, 6.45) is 2.62. The van der Waals surface area contributed by atoms with Crippen molar-refractivity contribution in [2.45, 2.75) is 25.7 Å². The highest BCUT2D eigenvalue weighted by molar-refractivity contribution is 5.78. The summed E-state index contributed by atoms with van der Waals surface area (Å²) in [7, 11) is 1.40. The number of ether oxygens (including phenoxy) is 1. The summed E-state index contributed by atoms with van der Waals surface area (Å²) in [6.45, 7) is 0.760. The van der Waals surface area contributed by atoms with E-state index < -0.39 is 5.82 Å². The number of methoxy groups -OCH3 is 1. The zero-order valence-electron chi connectivity index (χ0n) is 11.1. The van der Waals surface area contributed by atoms with E-state index in [1.165, 1.54) is 19.2 Å². The number of hydrogen-bond donors (Lipinski definition) is 2. The smallest absolute Gasteiger partial charge is 0.224 e. The third kappa shape index (κ3) is 5.70. The van der Waals surface area contributed by atoms with Crippen LogP contribution in [0.15, 0.2) is 18.2 Å². The second kappa shape index (κ2) is 8.48. The van der Waals surface area contributed by atoms with Gasteiger partial charge in [-0.3, -0.25) is 4.79 Å². The minimum atomic E-state index is -0.462. The van der Waals surface area contributed by atoms with Gasteiger partial charge in [-0.2, -0.15) is 0 Å². The van der Waals surface area contributed by atoms with Crippen LogP contribution in [0, 0.1) is 5.82 Å². The summed E-state index contributed by atoms with van der Waals surface area (Å²) in [5, 5.41) is 11.4. The van der Waals surface area contributed by atoms with Gasteiger partial charge in [0.15, 0.2) is 11.6 Å². The molecule has 4 nitrogen and oxygen atoms in total. The molecular formula is C14H20FNO3. The SMILES string of the molecule is COc1ccc(CC(=O)NCCCCCO)cc1F. The van der Waals surface area contributed by atoms with Crippen LogP contribution in [0.4, 0.5) is 4.39 Å². The van der Waals surface area contributed by atoms with Gasteiger partial charge in [-0.15, -0.1) is 0 Å². The first kappa shape index (κ1) is 15.4. The van der Waals surface area contributed by atoms with Crippen LogP contribution in [-0.2, 0) is 11.2 Å². The molecule has 0 spiro atoms. The van der Waals surface area contributed by atoms with E-state index in [4.69, 9.17) is 9.84 Å². The number of amides is 1. The Bertz CT molecular complexity index is 410. The van der Waals surface area contributed by atoms with Gasteiger partial charge in [-0.25, -0.2) is 4.39 Å². The fourth-order valence-corrected chi connectivity index (χ4v) is 1.71. The van der Waals surface area contributed by atoms with Crippen molar-refractivity contribution in [3.63, 3.8) is 0 Å². The quantitative estimate of drug-likeness (QED) is 0.706.